The van der Waals surface area contributed by atoms with Crippen LogP contribution in [0.5, 0.6) is 0 Å². The lowest BCUT2D eigenvalue weighted by Gasteiger charge is -2.75. The van der Waals surface area contributed by atoms with Crippen LogP contribution in [0.2, 0.25) is 0 Å². The second kappa shape index (κ2) is 8.62. The van der Waals surface area contributed by atoms with E-state index in [1.54, 1.807) is 32.1 Å². The summed E-state index contributed by atoms with van der Waals surface area (Å²) < 4.78 is 0. The van der Waals surface area contributed by atoms with Gasteiger partial charge >= 0.3 is 0 Å². The van der Waals surface area contributed by atoms with Gasteiger partial charge in [0.25, 0.3) is 0 Å². The van der Waals surface area contributed by atoms with Gasteiger partial charge < -0.3 is 0 Å². The molecule has 5 aliphatic rings. The third-order valence-corrected chi connectivity index (χ3v) is 9.36. The monoisotopic (exact) mass is 370 g/mol. The summed E-state index contributed by atoms with van der Waals surface area (Å²) in [5.74, 6) is 3.98. The summed E-state index contributed by atoms with van der Waals surface area (Å²) in [6, 6.07) is 0. The van der Waals surface area contributed by atoms with Crippen molar-refractivity contribution in [3.63, 3.8) is 0 Å². The van der Waals surface area contributed by atoms with Crippen LogP contribution in [0.4, 0.5) is 0 Å². The molecule has 0 nitrogen and oxygen atoms in total. The Morgan fingerprint density at radius 3 is 1.85 bits per heavy atom. The van der Waals surface area contributed by atoms with Gasteiger partial charge in [-0.1, -0.05) is 58.1 Å². The van der Waals surface area contributed by atoms with Gasteiger partial charge in [0.15, 0.2) is 0 Å². The zero-order chi connectivity index (χ0) is 18.7. The average Bonchev–Trinajstić information content (AvgIpc) is 2.64. The van der Waals surface area contributed by atoms with Crippen molar-refractivity contribution in [2.24, 2.45) is 34.5 Å². The highest BCUT2D eigenvalue weighted by molar-refractivity contribution is 5.19. The van der Waals surface area contributed by atoms with Crippen LogP contribution >= 0.6 is 0 Å². The molecule has 0 aromatic carbocycles. The van der Waals surface area contributed by atoms with E-state index in [1.165, 1.54) is 77.0 Å². The van der Waals surface area contributed by atoms with Crippen LogP contribution in [0.25, 0.3) is 0 Å². The van der Waals surface area contributed by atoms with Crippen molar-refractivity contribution in [3.05, 3.63) is 12.2 Å². The fraction of sp³-hybridized carbons (Fsp3) is 0.926. The molecule has 0 N–H and O–H groups in total. The van der Waals surface area contributed by atoms with Crippen molar-refractivity contribution >= 4 is 0 Å². The van der Waals surface area contributed by atoms with Crippen LogP contribution < -0.4 is 0 Å². The van der Waals surface area contributed by atoms with Gasteiger partial charge in [-0.3, -0.25) is 0 Å². The molecular weight excluding hydrogens is 324 g/mol. The first kappa shape index (κ1) is 20.0. The highest BCUT2D eigenvalue weighted by Crippen LogP contribution is 2.79. The minimum atomic E-state index is 0.847. The molecule has 0 aromatic heterocycles. The Bertz CT molecular complexity index is 464. The van der Waals surface area contributed by atoms with Gasteiger partial charge in [-0.2, -0.15) is 0 Å². The molecule has 2 bridgehead atoms. The van der Waals surface area contributed by atoms with E-state index in [0.717, 1.165) is 34.5 Å². The maximum atomic E-state index is 2.67. The van der Waals surface area contributed by atoms with Crippen molar-refractivity contribution in [3.8, 4) is 0 Å². The maximum absolute atomic E-state index is 2.67. The van der Waals surface area contributed by atoms with Gasteiger partial charge in [0.05, 0.1) is 0 Å². The summed E-state index contributed by atoms with van der Waals surface area (Å²) in [5.41, 5.74) is 1.70. The Hall–Kier alpha value is -0.260. The topological polar surface area (TPSA) is 0 Å². The van der Waals surface area contributed by atoms with Crippen molar-refractivity contribution in [2.45, 2.75) is 123 Å². The predicted molar refractivity (Wildman–Crippen MR) is 118 cm³/mol. The van der Waals surface area contributed by atoms with E-state index in [-0.39, 0.29) is 0 Å². The minimum Gasteiger partial charge on any atom is -0.0851 e. The molecule has 5 rings (SSSR count). The Kier molecular flexibility index (Phi) is 6.40. The van der Waals surface area contributed by atoms with E-state index < -0.39 is 0 Å². The Labute approximate surface area is 170 Å². The Morgan fingerprint density at radius 1 is 0.704 bits per heavy atom. The number of unbranched alkanes of at least 4 members (excludes halogenated alkanes) is 2. The molecule has 0 unspecified atom stereocenters. The largest absolute Gasteiger partial charge is 0.0851 e. The number of allylic oxidation sites excluding steroid dienone is 2. The lowest BCUT2D eigenvalue weighted by molar-refractivity contribution is -0.245. The number of rotatable bonds is 9. The number of hydrogen-bond acceptors (Lipinski definition) is 0. The third-order valence-electron chi connectivity index (χ3n) is 9.36. The van der Waals surface area contributed by atoms with Crippen LogP contribution in [-0.4, -0.2) is 0 Å². The van der Waals surface area contributed by atoms with Gasteiger partial charge in [0.2, 0.25) is 0 Å². The van der Waals surface area contributed by atoms with Gasteiger partial charge in [-0.25, -0.2) is 0 Å². The fourth-order valence-corrected chi connectivity index (χ4v) is 7.90. The molecule has 0 heteroatoms. The molecule has 0 saturated heterocycles. The van der Waals surface area contributed by atoms with Crippen molar-refractivity contribution in [2.75, 3.05) is 0 Å². The van der Waals surface area contributed by atoms with E-state index in [4.69, 9.17) is 0 Å². The molecule has 0 aliphatic heterocycles. The average molecular weight is 371 g/mol. The molecule has 27 heavy (non-hydrogen) atoms. The highest BCUT2D eigenvalue weighted by atomic mass is 14.7. The van der Waals surface area contributed by atoms with Gasteiger partial charge in [-0.05, 0) is 112 Å². The minimum absolute atomic E-state index is 0.847. The zero-order valence-corrected chi connectivity index (χ0v) is 18.5. The first-order chi connectivity index (χ1) is 13.2. The first-order valence-corrected chi connectivity index (χ1v) is 12.9. The fourth-order valence-electron chi connectivity index (χ4n) is 7.90. The Morgan fingerprint density at radius 2 is 1.30 bits per heavy atom. The van der Waals surface area contributed by atoms with Crippen molar-refractivity contribution in [1.82, 2.24) is 0 Å². The second-order valence-electron chi connectivity index (χ2n) is 11.4. The van der Waals surface area contributed by atoms with Crippen molar-refractivity contribution < 1.29 is 0 Å². The van der Waals surface area contributed by atoms with E-state index >= 15 is 0 Å². The highest BCUT2D eigenvalue weighted by Gasteiger charge is 2.68. The molecule has 0 atom stereocenters. The number of hydrogen-bond donors (Lipinski definition) is 0. The molecule has 0 amide bonds. The normalized spacial score (nSPS) is 44.1. The predicted octanol–water partition coefficient (Wildman–Crippen LogP) is 8.71. The third kappa shape index (κ3) is 4.35. The summed E-state index contributed by atoms with van der Waals surface area (Å²) in [6.07, 6.45) is 30.9. The second-order valence-corrected chi connectivity index (χ2v) is 11.4. The lowest BCUT2D eigenvalue weighted by Crippen LogP contribution is -2.64. The van der Waals surface area contributed by atoms with E-state index in [9.17, 15) is 0 Å². The molecule has 5 aliphatic carbocycles. The van der Waals surface area contributed by atoms with Gasteiger partial charge in [0.1, 0.15) is 0 Å². The van der Waals surface area contributed by atoms with Crippen molar-refractivity contribution in [1.29, 1.82) is 0 Å². The first-order valence-electron chi connectivity index (χ1n) is 12.9. The van der Waals surface area contributed by atoms with Gasteiger partial charge in [0, 0.05) is 0 Å². The smallest absolute Gasteiger partial charge is 0.0233 e. The maximum Gasteiger partial charge on any atom is -0.0233 e. The summed E-state index contributed by atoms with van der Waals surface area (Å²) in [7, 11) is 0. The van der Waals surface area contributed by atoms with E-state index in [0.29, 0.717) is 0 Å². The van der Waals surface area contributed by atoms with E-state index in [2.05, 4.69) is 26.0 Å². The molecule has 5 saturated carbocycles. The van der Waals surface area contributed by atoms with Crippen LogP contribution in [0, 0.1) is 34.5 Å². The van der Waals surface area contributed by atoms with Crippen LogP contribution in [0.1, 0.15) is 123 Å². The zero-order valence-electron chi connectivity index (χ0n) is 18.5. The van der Waals surface area contributed by atoms with Gasteiger partial charge in [-0.15, -0.1) is 0 Å². The molecule has 0 spiro atoms. The quantitative estimate of drug-likeness (QED) is 0.281. The molecule has 154 valence electrons. The molecule has 0 aromatic rings. The molecule has 0 radical (unpaired) electrons. The summed E-state index contributed by atoms with van der Waals surface area (Å²) in [5, 5.41) is 0. The van der Waals surface area contributed by atoms with Crippen LogP contribution in [-0.2, 0) is 0 Å². The standard InChI is InChI=1S/C27H46/c1-3-5-6-7-22-8-10-23(11-9-22)12-13-24-14-16-25(17-15-24)27-19-26(20-27,21-27)18-4-2/h12-13,22-25H,3-11,14-21H2,1-2H3. The summed E-state index contributed by atoms with van der Waals surface area (Å²) >= 11 is 0. The summed E-state index contributed by atoms with van der Waals surface area (Å²) in [4.78, 5) is 0. The van der Waals surface area contributed by atoms with Crippen LogP contribution in [0.15, 0.2) is 12.2 Å². The lowest BCUT2D eigenvalue weighted by atomic mass is 9.30. The van der Waals surface area contributed by atoms with Crippen LogP contribution in [0.3, 0.4) is 0 Å². The SMILES string of the molecule is CCCCCC1CCC(C=CC2CCC(C34CC(CCC)(C3)C4)CC2)CC1. The van der Waals surface area contributed by atoms with E-state index in [1.807, 2.05) is 0 Å². The Balaban J connectivity index is 1.13. The summed E-state index contributed by atoms with van der Waals surface area (Å²) in [6.45, 7) is 4.70. The molecule has 0 heterocycles. The molecule has 5 fully saturated rings. The molecular formula is C27H46.